The van der Waals surface area contributed by atoms with Crippen molar-refractivity contribution in [3.05, 3.63) is 29.8 Å². The third-order valence-electron chi connectivity index (χ3n) is 5.33. The van der Waals surface area contributed by atoms with Crippen molar-refractivity contribution in [3.63, 3.8) is 0 Å². The van der Waals surface area contributed by atoms with E-state index in [0.717, 1.165) is 0 Å². The monoisotopic (exact) mass is 539 g/mol. The molecule has 1 rings (SSSR count). The minimum atomic E-state index is -1.40. The van der Waals surface area contributed by atoms with Crippen molar-refractivity contribution in [2.75, 3.05) is 12.0 Å². The number of nitrogens with one attached hydrogen (secondary N) is 3. The smallest absolute Gasteiger partial charge is 0.326 e. The van der Waals surface area contributed by atoms with Gasteiger partial charge < -0.3 is 37.6 Å². The highest BCUT2D eigenvalue weighted by atomic mass is 32.2. The fraction of sp³-hybridized carbons (Fsp3) is 0.542. The van der Waals surface area contributed by atoms with Gasteiger partial charge in [0.05, 0.1) is 12.5 Å². The number of benzene rings is 1. The molecule has 0 heterocycles. The van der Waals surface area contributed by atoms with E-state index in [1.807, 2.05) is 13.8 Å². The Morgan fingerprint density at radius 2 is 1.46 bits per heavy atom. The minimum Gasteiger partial charge on any atom is -0.508 e. The number of carbonyl (C=O) groups is 5. The maximum absolute atomic E-state index is 13.1. The molecular weight excluding hydrogens is 502 g/mol. The zero-order valence-corrected chi connectivity index (χ0v) is 22.0. The minimum absolute atomic E-state index is 0.00114. The third kappa shape index (κ3) is 12.0. The van der Waals surface area contributed by atoms with Crippen LogP contribution in [0.15, 0.2) is 24.3 Å². The summed E-state index contributed by atoms with van der Waals surface area (Å²) in [5.74, 6) is -3.78. The van der Waals surface area contributed by atoms with Crippen LogP contribution >= 0.6 is 11.8 Å². The van der Waals surface area contributed by atoms with Gasteiger partial charge in [0, 0.05) is 6.42 Å². The van der Waals surface area contributed by atoms with Gasteiger partial charge >= 0.3 is 5.97 Å². The fourth-order valence-corrected chi connectivity index (χ4v) is 3.89. The average Bonchev–Trinajstić information content (AvgIpc) is 2.80. The molecule has 0 fully saturated rings. The van der Waals surface area contributed by atoms with Gasteiger partial charge in [-0.1, -0.05) is 26.0 Å². The molecule has 4 atom stereocenters. The van der Waals surface area contributed by atoms with Crippen LogP contribution in [0.3, 0.4) is 0 Å². The molecule has 0 bridgehead atoms. The highest BCUT2D eigenvalue weighted by molar-refractivity contribution is 7.98. The van der Waals surface area contributed by atoms with Gasteiger partial charge in [-0.3, -0.25) is 19.2 Å². The summed E-state index contributed by atoms with van der Waals surface area (Å²) in [4.78, 5) is 61.9. The van der Waals surface area contributed by atoms with Crippen molar-refractivity contribution in [3.8, 4) is 5.75 Å². The molecule has 0 aliphatic rings. The zero-order valence-electron chi connectivity index (χ0n) is 21.2. The number of phenolic OH excluding ortho intramolecular Hbond substituents is 1. The van der Waals surface area contributed by atoms with Crippen LogP contribution in [0.2, 0.25) is 0 Å². The lowest BCUT2D eigenvalue weighted by atomic mass is 10.0. The summed E-state index contributed by atoms with van der Waals surface area (Å²) in [6, 6.07) is 1.11. The van der Waals surface area contributed by atoms with Gasteiger partial charge in [-0.25, -0.2) is 4.79 Å². The largest absolute Gasteiger partial charge is 0.508 e. The first-order chi connectivity index (χ1) is 17.3. The Kier molecular flexibility index (Phi) is 13.5. The molecule has 0 spiro atoms. The van der Waals surface area contributed by atoms with Gasteiger partial charge in [0.25, 0.3) is 0 Å². The Hall–Kier alpha value is -3.32. The van der Waals surface area contributed by atoms with Gasteiger partial charge in [-0.15, -0.1) is 0 Å². The second-order valence-electron chi connectivity index (χ2n) is 9.08. The summed E-state index contributed by atoms with van der Waals surface area (Å²) in [6.45, 7) is 3.74. The van der Waals surface area contributed by atoms with E-state index in [-0.39, 0.29) is 24.5 Å². The SMILES string of the molecule is CSCCC(NC(=O)C(Cc1ccc(O)cc1)NC(=O)C(CC(N)=O)NC(=O)C(N)CC(C)C)C(=O)O. The predicted octanol–water partition coefficient (Wildman–Crippen LogP) is -0.524. The van der Waals surface area contributed by atoms with Crippen molar-refractivity contribution >= 4 is 41.4 Å². The molecule has 1 aromatic carbocycles. The van der Waals surface area contributed by atoms with E-state index in [0.29, 0.717) is 17.7 Å². The van der Waals surface area contributed by atoms with Crippen LogP contribution in [0, 0.1) is 5.92 Å². The number of aliphatic carboxylic acids is 1. The molecular formula is C24H37N5O7S. The summed E-state index contributed by atoms with van der Waals surface area (Å²) >= 11 is 1.42. The lowest BCUT2D eigenvalue weighted by Crippen LogP contribution is -2.58. The van der Waals surface area contributed by atoms with Crippen LogP contribution in [-0.4, -0.2) is 76.0 Å². The summed E-state index contributed by atoms with van der Waals surface area (Å²) in [5, 5.41) is 26.4. The molecule has 0 saturated carbocycles. The van der Waals surface area contributed by atoms with Crippen LogP contribution in [0.4, 0.5) is 0 Å². The summed E-state index contributed by atoms with van der Waals surface area (Å²) in [5.41, 5.74) is 11.7. The number of hydrogen-bond acceptors (Lipinski definition) is 8. The molecule has 4 unspecified atom stereocenters. The molecule has 37 heavy (non-hydrogen) atoms. The Balaban J connectivity index is 3.14. The van der Waals surface area contributed by atoms with Gasteiger partial charge in [0.15, 0.2) is 0 Å². The first-order valence-electron chi connectivity index (χ1n) is 11.8. The summed E-state index contributed by atoms with van der Waals surface area (Å²) < 4.78 is 0. The Labute approximate surface area is 220 Å². The molecule has 4 amide bonds. The summed E-state index contributed by atoms with van der Waals surface area (Å²) in [7, 11) is 0. The Bertz CT molecular complexity index is 942. The van der Waals surface area contributed by atoms with Crippen molar-refractivity contribution in [2.45, 2.75) is 63.7 Å². The van der Waals surface area contributed by atoms with Gasteiger partial charge in [-0.05, 0) is 48.5 Å². The van der Waals surface area contributed by atoms with E-state index in [1.54, 1.807) is 6.26 Å². The van der Waals surface area contributed by atoms with E-state index < -0.39 is 60.2 Å². The number of aromatic hydroxyl groups is 1. The van der Waals surface area contributed by atoms with Crippen molar-refractivity contribution in [1.29, 1.82) is 0 Å². The van der Waals surface area contributed by atoms with Gasteiger partial charge in [0.2, 0.25) is 23.6 Å². The normalized spacial score (nSPS) is 14.2. The first-order valence-corrected chi connectivity index (χ1v) is 13.2. The number of amides is 4. The van der Waals surface area contributed by atoms with Crippen LogP contribution in [0.5, 0.6) is 5.75 Å². The molecule has 0 aliphatic heterocycles. The number of primary amides is 1. The van der Waals surface area contributed by atoms with Crippen molar-refractivity contribution in [1.82, 2.24) is 16.0 Å². The molecule has 9 N–H and O–H groups in total. The third-order valence-corrected chi connectivity index (χ3v) is 5.98. The highest BCUT2D eigenvalue weighted by Crippen LogP contribution is 2.12. The van der Waals surface area contributed by atoms with Crippen molar-refractivity contribution < 1.29 is 34.2 Å². The summed E-state index contributed by atoms with van der Waals surface area (Å²) in [6.07, 6.45) is 1.71. The first kappa shape index (κ1) is 31.7. The van der Waals surface area contributed by atoms with Crippen LogP contribution in [-0.2, 0) is 30.4 Å². The molecule has 1 aromatic rings. The second-order valence-corrected chi connectivity index (χ2v) is 10.1. The van der Waals surface area contributed by atoms with Gasteiger partial charge in [-0.2, -0.15) is 11.8 Å². The molecule has 206 valence electrons. The van der Waals surface area contributed by atoms with E-state index in [9.17, 15) is 34.2 Å². The number of thioether (sulfide) groups is 1. The molecule has 12 nitrogen and oxygen atoms in total. The number of carbonyl (C=O) groups excluding carboxylic acids is 4. The average molecular weight is 540 g/mol. The number of carboxylic acids is 1. The topological polar surface area (TPSA) is 214 Å². The van der Waals surface area contributed by atoms with E-state index in [4.69, 9.17) is 11.5 Å². The van der Waals surface area contributed by atoms with E-state index in [1.165, 1.54) is 36.0 Å². The number of phenols is 1. The predicted molar refractivity (Wildman–Crippen MR) is 139 cm³/mol. The molecule has 0 aromatic heterocycles. The maximum Gasteiger partial charge on any atom is 0.326 e. The molecule has 0 aliphatic carbocycles. The fourth-order valence-electron chi connectivity index (χ4n) is 3.42. The zero-order chi connectivity index (χ0) is 28.1. The lowest BCUT2D eigenvalue weighted by Gasteiger charge is -2.25. The van der Waals surface area contributed by atoms with Crippen LogP contribution in [0.1, 0.15) is 38.7 Å². The molecule has 0 saturated heterocycles. The van der Waals surface area contributed by atoms with Crippen LogP contribution in [0.25, 0.3) is 0 Å². The van der Waals surface area contributed by atoms with E-state index in [2.05, 4.69) is 16.0 Å². The number of carboxylic acid groups (broad SMARTS) is 1. The Morgan fingerprint density at radius 1 is 0.919 bits per heavy atom. The second kappa shape index (κ2) is 15.7. The van der Waals surface area contributed by atoms with Crippen LogP contribution < -0.4 is 27.4 Å². The number of nitrogens with two attached hydrogens (primary N) is 2. The van der Waals surface area contributed by atoms with Crippen molar-refractivity contribution in [2.24, 2.45) is 17.4 Å². The van der Waals surface area contributed by atoms with Gasteiger partial charge in [0.1, 0.15) is 23.9 Å². The van der Waals surface area contributed by atoms with E-state index >= 15 is 0 Å². The molecule has 13 heteroatoms. The lowest BCUT2D eigenvalue weighted by molar-refractivity contribution is -0.142. The maximum atomic E-state index is 13.1. The molecule has 0 radical (unpaired) electrons. The number of hydrogen-bond donors (Lipinski definition) is 7. The quantitative estimate of drug-likeness (QED) is 0.144. The standard InChI is InChI=1S/C24H37N5O7S/c1-13(2)10-16(25)21(32)28-19(12-20(26)31)23(34)29-18(11-14-4-6-15(30)7-5-14)22(33)27-17(24(35)36)8-9-37-3/h4-7,13,16-19,30H,8-12,25H2,1-3H3,(H2,26,31)(H,27,33)(H,28,32)(H,29,34)(H,35,36). The number of rotatable bonds is 16. The highest BCUT2D eigenvalue weighted by Gasteiger charge is 2.31. The Morgan fingerprint density at radius 3 is 1.97 bits per heavy atom.